The quantitative estimate of drug-likeness (QED) is 0.704. The zero-order chi connectivity index (χ0) is 18.4. The Morgan fingerprint density at radius 3 is 2.40 bits per heavy atom. The zero-order valence-electron chi connectivity index (χ0n) is 14.7. The second-order valence-corrected chi connectivity index (χ2v) is 6.41. The number of rotatable bonds is 9. The maximum atomic E-state index is 11.1. The fourth-order valence-corrected chi connectivity index (χ4v) is 2.34. The van der Waals surface area contributed by atoms with Gasteiger partial charge in [-0.1, -0.05) is 12.1 Å². The SMILES string of the molecule is Cc1ccc(CN(CC=O)Cc2ccc(OC(C)(C)C(=O)O)cc2)o1. The van der Waals surface area contributed by atoms with Crippen molar-refractivity contribution in [1.29, 1.82) is 0 Å². The highest BCUT2D eigenvalue weighted by Crippen LogP contribution is 2.20. The first-order valence-corrected chi connectivity index (χ1v) is 8.03. The van der Waals surface area contributed by atoms with Crippen LogP contribution < -0.4 is 4.74 Å². The molecule has 2 aromatic rings. The van der Waals surface area contributed by atoms with Crippen LogP contribution in [0.4, 0.5) is 0 Å². The van der Waals surface area contributed by atoms with Crippen molar-refractivity contribution in [3.05, 3.63) is 53.5 Å². The van der Waals surface area contributed by atoms with E-state index in [1.165, 1.54) is 13.8 Å². The molecule has 0 spiro atoms. The van der Waals surface area contributed by atoms with Crippen LogP contribution in [0.15, 0.2) is 40.8 Å². The van der Waals surface area contributed by atoms with Gasteiger partial charge in [0.2, 0.25) is 0 Å². The van der Waals surface area contributed by atoms with Crippen LogP contribution in [0.2, 0.25) is 0 Å². The number of aldehydes is 1. The van der Waals surface area contributed by atoms with Gasteiger partial charge in [0.05, 0.1) is 13.1 Å². The lowest BCUT2D eigenvalue weighted by Gasteiger charge is -2.22. The van der Waals surface area contributed by atoms with E-state index in [2.05, 4.69) is 0 Å². The Morgan fingerprint density at radius 2 is 1.88 bits per heavy atom. The molecule has 0 aliphatic rings. The molecule has 0 fully saturated rings. The van der Waals surface area contributed by atoms with Gasteiger partial charge in [-0.15, -0.1) is 0 Å². The maximum Gasteiger partial charge on any atom is 0.347 e. The first-order chi connectivity index (χ1) is 11.8. The first-order valence-electron chi connectivity index (χ1n) is 8.03. The standard InChI is InChI=1S/C19H23NO5/c1-14-4-7-17(24-14)13-20(10-11-21)12-15-5-8-16(9-6-15)25-19(2,3)18(22)23/h4-9,11H,10,12-13H2,1-3H3,(H,22,23). The third-order valence-corrected chi connectivity index (χ3v) is 3.73. The van der Waals surface area contributed by atoms with E-state index in [4.69, 9.17) is 14.3 Å². The van der Waals surface area contributed by atoms with E-state index >= 15 is 0 Å². The maximum absolute atomic E-state index is 11.1. The largest absolute Gasteiger partial charge is 0.478 e. The van der Waals surface area contributed by atoms with E-state index < -0.39 is 11.6 Å². The average Bonchev–Trinajstić information content (AvgIpc) is 2.94. The van der Waals surface area contributed by atoms with Crippen LogP contribution >= 0.6 is 0 Å². The summed E-state index contributed by atoms with van der Waals surface area (Å²) in [7, 11) is 0. The average molecular weight is 345 g/mol. The lowest BCUT2D eigenvalue weighted by molar-refractivity contribution is -0.152. The number of ether oxygens (including phenoxy) is 1. The minimum Gasteiger partial charge on any atom is -0.478 e. The predicted octanol–water partition coefficient (Wildman–Crippen LogP) is 3.03. The minimum absolute atomic E-state index is 0.296. The Kier molecular flexibility index (Phi) is 5.98. The molecule has 0 unspecified atom stereocenters. The summed E-state index contributed by atoms with van der Waals surface area (Å²) in [4.78, 5) is 24.0. The summed E-state index contributed by atoms with van der Waals surface area (Å²) in [6, 6.07) is 11.0. The van der Waals surface area contributed by atoms with Crippen molar-refractivity contribution in [2.75, 3.05) is 6.54 Å². The van der Waals surface area contributed by atoms with Crippen molar-refractivity contribution in [3.63, 3.8) is 0 Å². The molecule has 0 bridgehead atoms. The van der Waals surface area contributed by atoms with Crippen LogP contribution in [-0.2, 0) is 22.7 Å². The van der Waals surface area contributed by atoms with E-state index in [0.29, 0.717) is 25.4 Å². The molecular formula is C19H23NO5. The summed E-state index contributed by atoms with van der Waals surface area (Å²) < 4.78 is 11.0. The first kappa shape index (κ1) is 18.7. The van der Waals surface area contributed by atoms with E-state index in [1.54, 1.807) is 12.1 Å². The Hall–Kier alpha value is -2.60. The van der Waals surface area contributed by atoms with Crippen LogP contribution in [0.5, 0.6) is 5.75 Å². The highest BCUT2D eigenvalue weighted by Gasteiger charge is 2.29. The number of hydrogen-bond acceptors (Lipinski definition) is 5. The number of hydrogen-bond donors (Lipinski definition) is 1. The summed E-state index contributed by atoms with van der Waals surface area (Å²) in [6.07, 6.45) is 0.864. The van der Waals surface area contributed by atoms with Gasteiger partial charge in [0.1, 0.15) is 23.6 Å². The van der Waals surface area contributed by atoms with Gasteiger partial charge >= 0.3 is 5.97 Å². The van der Waals surface area contributed by atoms with E-state index in [-0.39, 0.29) is 0 Å². The number of aryl methyl sites for hydroxylation is 1. The van der Waals surface area contributed by atoms with Crippen molar-refractivity contribution < 1.29 is 23.8 Å². The molecule has 1 N–H and O–H groups in total. The smallest absolute Gasteiger partial charge is 0.347 e. The van der Waals surface area contributed by atoms with Crippen LogP contribution in [0.25, 0.3) is 0 Å². The number of carboxylic acids is 1. The summed E-state index contributed by atoms with van der Waals surface area (Å²) in [5.74, 6) is 1.10. The van der Waals surface area contributed by atoms with Gasteiger partial charge in [-0.05, 0) is 50.6 Å². The normalized spacial score (nSPS) is 11.5. The van der Waals surface area contributed by atoms with Crippen molar-refractivity contribution in [2.45, 2.75) is 39.5 Å². The zero-order valence-corrected chi connectivity index (χ0v) is 14.7. The number of carbonyl (C=O) groups is 2. The number of nitrogens with zero attached hydrogens (tertiary/aromatic N) is 1. The van der Waals surface area contributed by atoms with Crippen LogP contribution in [-0.4, -0.2) is 34.4 Å². The van der Waals surface area contributed by atoms with Gasteiger partial charge in [-0.2, -0.15) is 0 Å². The lowest BCUT2D eigenvalue weighted by Crippen LogP contribution is -2.37. The highest BCUT2D eigenvalue weighted by atomic mass is 16.5. The summed E-state index contributed by atoms with van der Waals surface area (Å²) in [5.41, 5.74) is -0.298. The van der Waals surface area contributed by atoms with Crippen molar-refractivity contribution in [2.24, 2.45) is 0 Å². The fourth-order valence-electron chi connectivity index (χ4n) is 2.34. The van der Waals surface area contributed by atoms with Gasteiger partial charge in [0.15, 0.2) is 5.60 Å². The Bertz CT molecular complexity index is 718. The van der Waals surface area contributed by atoms with Gasteiger partial charge in [0.25, 0.3) is 0 Å². The molecule has 134 valence electrons. The molecule has 0 saturated carbocycles. The number of aliphatic carboxylic acids is 1. The van der Waals surface area contributed by atoms with Crippen LogP contribution in [0, 0.1) is 6.92 Å². The van der Waals surface area contributed by atoms with Crippen LogP contribution in [0.3, 0.4) is 0 Å². The van der Waals surface area contributed by atoms with Crippen molar-refractivity contribution >= 4 is 12.3 Å². The number of furan rings is 1. The molecule has 0 amide bonds. The van der Waals surface area contributed by atoms with Crippen molar-refractivity contribution in [1.82, 2.24) is 4.90 Å². The molecule has 25 heavy (non-hydrogen) atoms. The number of benzene rings is 1. The summed E-state index contributed by atoms with van der Waals surface area (Å²) in [5, 5.41) is 9.10. The molecule has 0 radical (unpaired) electrons. The molecule has 1 heterocycles. The lowest BCUT2D eigenvalue weighted by atomic mass is 10.1. The van der Waals surface area contributed by atoms with Gasteiger partial charge in [0, 0.05) is 6.54 Å². The summed E-state index contributed by atoms with van der Waals surface area (Å²) >= 11 is 0. The molecule has 0 aliphatic carbocycles. The molecule has 2 rings (SSSR count). The third kappa shape index (κ3) is 5.46. The predicted molar refractivity (Wildman–Crippen MR) is 92.4 cm³/mol. The Morgan fingerprint density at radius 1 is 1.20 bits per heavy atom. The second kappa shape index (κ2) is 7.98. The topological polar surface area (TPSA) is 80.0 Å². The molecule has 1 aromatic carbocycles. The number of carboxylic acid groups (broad SMARTS) is 1. The fraction of sp³-hybridized carbons (Fsp3) is 0.368. The van der Waals surface area contributed by atoms with E-state index in [1.807, 2.05) is 36.1 Å². The molecule has 0 aliphatic heterocycles. The second-order valence-electron chi connectivity index (χ2n) is 6.41. The van der Waals surface area contributed by atoms with E-state index in [9.17, 15) is 9.59 Å². The van der Waals surface area contributed by atoms with E-state index in [0.717, 1.165) is 23.4 Å². The molecule has 6 heteroatoms. The Balaban J connectivity index is 2.02. The van der Waals surface area contributed by atoms with Gasteiger partial charge < -0.3 is 19.1 Å². The van der Waals surface area contributed by atoms with Gasteiger partial charge in [-0.3, -0.25) is 4.90 Å². The minimum atomic E-state index is -1.29. The van der Waals surface area contributed by atoms with Crippen molar-refractivity contribution in [3.8, 4) is 5.75 Å². The highest BCUT2D eigenvalue weighted by molar-refractivity contribution is 5.76. The summed E-state index contributed by atoms with van der Waals surface area (Å²) in [6.45, 7) is 6.29. The number of carbonyl (C=O) groups excluding carboxylic acids is 1. The third-order valence-electron chi connectivity index (χ3n) is 3.73. The monoisotopic (exact) mass is 345 g/mol. The molecule has 6 nitrogen and oxygen atoms in total. The van der Waals surface area contributed by atoms with Crippen LogP contribution in [0.1, 0.15) is 30.9 Å². The molecule has 0 atom stereocenters. The molecular weight excluding hydrogens is 322 g/mol. The molecule has 1 aromatic heterocycles. The Labute approximate surface area is 147 Å². The molecule has 0 saturated heterocycles. The van der Waals surface area contributed by atoms with Gasteiger partial charge in [-0.25, -0.2) is 4.79 Å².